The number of rotatable bonds is 4. The summed E-state index contributed by atoms with van der Waals surface area (Å²) in [5.41, 5.74) is 5.53. The van der Waals surface area contributed by atoms with E-state index in [4.69, 9.17) is 18.0 Å². The van der Waals surface area contributed by atoms with Crippen LogP contribution in [0.15, 0.2) is 0 Å². The van der Waals surface area contributed by atoms with Gasteiger partial charge in [-0.15, -0.1) is 0 Å². The number of nitrogens with one attached hydrogen (secondary N) is 1. The lowest BCUT2D eigenvalue weighted by atomic mass is 9.90. The van der Waals surface area contributed by atoms with Crippen molar-refractivity contribution in [3.05, 3.63) is 0 Å². The lowest BCUT2D eigenvalue weighted by Gasteiger charge is -2.20. The summed E-state index contributed by atoms with van der Waals surface area (Å²) >= 11 is 4.89. The van der Waals surface area contributed by atoms with E-state index >= 15 is 0 Å². The molecule has 4 heteroatoms. The first-order valence-electron chi connectivity index (χ1n) is 6.68. The zero-order chi connectivity index (χ0) is 12.7. The molecular weight excluding hydrogens is 232 g/mol. The molecule has 0 bridgehead atoms. The monoisotopic (exact) mass is 256 g/mol. The van der Waals surface area contributed by atoms with E-state index in [9.17, 15) is 4.79 Å². The number of hydrogen-bond donors (Lipinski definition) is 2. The first kappa shape index (κ1) is 14.4. The van der Waals surface area contributed by atoms with Crippen LogP contribution < -0.4 is 11.1 Å². The summed E-state index contributed by atoms with van der Waals surface area (Å²) in [5.74, 6) is 0.478. The van der Waals surface area contributed by atoms with E-state index in [1.807, 2.05) is 6.92 Å². The summed E-state index contributed by atoms with van der Waals surface area (Å²) < 4.78 is 0. The van der Waals surface area contributed by atoms with Crippen molar-refractivity contribution in [2.75, 3.05) is 6.54 Å². The number of nitrogens with two attached hydrogens (primary N) is 1. The summed E-state index contributed by atoms with van der Waals surface area (Å²) in [6, 6.07) is 0. The number of carbonyl (C=O) groups excluding carboxylic acids is 1. The normalized spacial score (nSPS) is 20.1. The van der Waals surface area contributed by atoms with E-state index in [1.165, 1.54) is 32.1 Å². The molecule has 3 nitrogen and oxygen atoms in total. The maximum atomic E-state index is 12.0. The van der Waals surface area contributed by atoms with Gasteiger partial charge in [-0.1, -0.05) is 51.2 Å². The standard InChI is InChI=1S/C13H24N2OS/c1-10(12(14)17)9-15-13(16)11-7-5-3-2-4-6-8-11/h10-11H,2-9H2,1H3,(H2,14,17)(H,15,16). The summed E-state index contributed by atoms with van der Waals surface area (Å²) in [7, 11) is 0. The van der Waals surface area contributed by atoms with Crippen LogP contribution in [-0.2, 0) is 4.79 Å². The zero-order valence-electron chi connectivity index (χ0n) is 10.7. The molecule has 0 heterocycles. The molecule has 98 valence electrons. The molecule has 1 saturated carbocycles. The van der Waals surface area contributed by atoms with E-state index in [0.29, 0.717) is 11.5 Å². The average molecular weight is 256 g/mol. The lowest BCUT2D eigenvalue weighted by Crippen LogP contribution is -2.37. The summed E-state index contributed by atoms with van der Waals surface area (Å²) in [4.78, 5) is 12.5. The van der Waals surface area contributed by atoms with Crippen LogP contribution in [0.2, 0.25) is 0 Å². The fraction of sp³-hybridized carbons (Fsp3) is 0.846. The third-order valence-corrected chi connectivity index (χ3v) is 3.95. The second kappa shape index (κ2) is 7.64. The highest BCUT2D eigenvalue weighted by atomic mass is 32.1. The molecule has 1 atom stereocenters. The van der Waals surface area contributed by atoms with Crippen molar-refractivity contribution < 1.29 is 4.79 Å². The van der Waals surface area contributed by atoms with Crippen LogP contribution in [0.3, 0.4) is 0 Å². The Balaban J connectivity index is 2.32. The largest absolute Gasteiger partial charge is 0.393 e. The van der Waals surface area contributed by atoms with Crippen molar-refractivity contribution in [2.24, 2.45) is 17.6 Å². The lowest BCUT2D eigenvalue weighted by molar-refractivity contribution is -0.125. The van der Waals surface area contributed by atoms with Gasteiger partial charge < -0.3 is 11.1 Å². The summed E-state index contributed by atoms with van der Waals surface area (Å²) in [6.07, 6.45) is 8.30. The number of carbonyl (C=O) groups is 1. The third kappa shape index (κ3) is 5.48. The maximum Gasteiger partial charge on any atom is 0.223 e. The Kier molecular flexibility index (Phi) is 6.48. The Labute approximate surface area is 110 Å². The smallest absolute Gasteiger partial charge is 0.223 e. The van der Waals surface area contributed by atoms with Crippen LogP contribution in [-0.4, -0.2) is 17.4 Å². The van der Waals surface area contributed by atoms with E-state index in [2.05, 4.69) is 5.32 Å². The molecule has 0 radical (unpaired) electrons. The van der Waals surface area contributed by atoms with Gasteiger partial charge in [0, 0.05) is 18.4 Å². The van der Waals surface area contributed by atoms with Crippen molar-refractivity contribution >= 4 is 23.1 Å². The van der Waals surface area contributed by atoms with Gasteiger partial charge in [0.05, 0.1) is 4.99 Å². The molecule has 17 heavy (non-hydrogen) atoms. The Hall–Kier alpha value is -0.640. The van der Waals surface area contributed by atoms with Crippen molar-refractivity contribution in [1.29, 1.82) is 0 Å². The maximum absolute atomic E-state index is 12.0. The van der Waals surface area contributed by atoms with Crippen LogP contribution in [0.1, 0.15) is 51.9 Å². The molecule has 1 rings (SSSR count). The molecule has 3 N–H and O–H groups in total. The zero-order valence-corrected chi connectivity index (χ0v) is 11.5. The molecule has 0 saturated heterocycles. The highest BCUT2D eigenvalue weighted by Crippen LogP contribution is 2.22. The number of amides is 1. The van der Waals surface area contributed by atoms with Crippen LogP contribution in [0.5, 0.6) is 0 Å². The molecule has 0 aromatic carbocycles. The summed E-state index contributed by atoms with van der Waals surface area (Å²) in [6.45, 7) is 2.52. The molecular formula is C13H24N2OS. The highest BCUT2D eigenvalue weighted by molar-refractivity contribution is 7.80. The fourth-order valence-electron chi connectivity index (χ4n) is 2.22. The molecule has 1 aliphatic carbocycles. The Bertz CT molecular complexity index is 260. The minimum absolute atomic E-state index is 0.0857. The van der Waals surface area contributed by atoms with Crippen LogP contribution in [0.4, 0.5) is 0 Å². The quantitative estimate of drug-likeness (QED) is 0.759. The van der Waals surface area contributed by atoms with Gasteiger partial charge in [0.15, 0.2) is 0 Å². The van der Waals surface area contributed by atoms with Crippen molar-refractivity contribution in [3.8, 4) is 0 Å². The van der Waals surface area contributed by atoms with Gasteiger partial charge in [0.1, 0.15) is 0 Å². The van der Waals surface area contributed by atoms with Crippen LogP contribution >= 0.6 is 12.2 Å². The SMILES string of the molecule is CC(CNC(=O)C1CCCCCCC1)C(N)=S. The van der Waals surface area contributed by atoms with Crippen molar-refractivity contribution in [2.45, 2.75) is 51.9 Å². The Morgan fingerprint density at radius 3 is 2.35 bits per heavy atom. The molecule has 1 amide bonds. The fourth-order valence-corrected chi connectivity index (χ4v) is 2.30. The average Bonchev–Trinajstić information content (AvgIpc) is 2.24. The first-order chi connectivity index (χ1) is 8.11. The first-order valence-corrected chi connectivity index (χ1v) is 7.09. The number of hydrogen-bond acceptors (Lipinski definition) is 2. The third-order valence-electron chi connectivity index (χ3n) is 3.54. The van der Waals surface area contributed by atoms with Gasteiger partial charge in [-0.05, 0) is 12.8 Å². The second-order valence-electron chi connectivity index (χ2n) is 5.09. The van der Waals surface area contributed by atoms with Crippen LogP contribution in [0.25, 0.3) is 0 Å². The van der Waals surface area contributed by atoms with E-state index in [1.54, 1.807) is 0 Å². The van der Waals surface area contributed by atoms with Gasteiger partial charge in [0.25, 0.3) is 0 Å². The molecule has 0 aliphatic heterocycles. The van der Waals surface area contributed by atoms with Gasteiger partial charge in [-0.3, -0.25) is 4.79 Å². The van der Waals surface area contributed by atoms with Gasteiger partial charge in [-0.25, -0.2) is 0 Å². The van der Waals surface area contributed by atoms with Crippen molar-refractivity contribution in [3.63, 3.8) is 0 Å². The number of thiocarbonyl (C=S) groups is 1. The summed E-state index contributed by atoms with van der Waals surface area (Å²) in [5, 5.41) is 2.98. The minimum Gasteiger partial charge on any atom is -0.393 e. The molecule has 1 unspecified atom stereocenters. The second-order valence-corrected chi connectivity index (χ2v) is 5.56. The molecule has 1 fully saturated rings. The van der Waals surface area contributed by atoms with E-state index < -0.39 is 0 Å². The molecule has 0 aromatic heterocycles. The molecule has 0 aromatic rings. The van der Waals surface area contributed by atoms with E-state index in [-0.39, 0.29) is 17.7 Å². The van der Waals surface area contributed by atoms with Gasteiger partial charge in [0.2, 0.25) is 5.91 Å². The predicted molar refractivity (Wildman–Crippen MR) is 74.8 cm³/mol. The van der Waals surface area contributed by atoms with E-state index in [0.717, 1.165) is 12.8 Å². The Morgan fingerprint density at radius 1 is 1.29 bits per heavy atom. The minimum atomic E-state index is 0.0857. The highest BCUT2D eigenvalue weighted by Gasteiger charge is 2.19. The Morgan fingerprint density at radius 2 is 1.82 bits per heavy atom. The molecule has 0 spiro atoms. The van der Waals surface area contributed by atoms with Gasteiger partial charge in [-0.2, -0.15) is 0 Å². The van der Waals surface area contributed by atoms with Gasteiger partial charge >= 0.3 is 0 Å². The van der Waals surface area contributed by atoms with Crippen LogP contribution in [0, 0.1) is 11.8 Å². The molecule has 1 aliphatic rings. The predicted octanol–water partition coefficient (Wildman–Crippen LogP) is 2.39. The topological polar surface area (TPSA) is 55.1 Å². The van der Waals surface area contributed by atoms with Crippen molar-refractivity contribution in [1.82, 2.24) is 5.32 Å².